The quantitative estimate of drug-likeness (QED) is 0.414. The molecule has 0 saturated heterocycles. The summed E-state index contributed by atoms with van der Waals surface area (Å²) in [6, 6.07) is 0. The highest BCUT2D eigenvalue weighted by atomic mass is 15.1. The third kappa shape index (κ3) is 2.58. The van der Waals surface area contributed by atoms with Crippen molar-refractivity contribution in [3.63, 3.8) is 0 Å². The fourth-order valence-corrected chi connectivity index (χ4v) is 0.620. The van der Waals surface area contributed by atoms with Crippen molar-refractivity contribution in [3.8, 4) is 0 Å². The second kappa shape index (κ2) is 4.91. The smallest absolute Gasteiger partial charge is 0.0835 e. The molecule has 0 bridgehead atoms. The van der Waals surface area contributed by atoms with Crippen molar-refractivity contribution in [1.82, 2.24) is 0 Å². The van der Waals surface area contributed by atoms with E-state index in [4.69, 9.17) is 0 Å². The van der Waals surface area contributed by atoms with E-state index in [-0.39, 0.29) is 0 Å². The van der Waals surface area contributed by atoms with Crippen molar-refractivity contribution < 1.29 is 0 Å². The lowest BCUT2D eigenvalue weighted by atomic mass is 10.2. The lowest BCUT2D eigenvalue weighted by Gasteiger charge is -1.96. The maximum absolute atomic E-state index is 3.93. The molecule has 56 valence electrons. The molecular formula is C8H14N2. The summed E-state index contributed by atoms with van der Waals surface area (Å²) in [4.78, 5) is 0. The van der Waals surface area contributed by atoms with Crippen LogP contribution in [0.4, 0.5) is 0 Å². The third-order valence-corrected chi connectivity index (χ3v) is 1.32. The first-order valence-electron chi connectivity index (χ1n) is 3.35. The zero-order chi connectivity index (χ0) is 7.98. The molecule has 0 heterocycles. The van der Waals surface area contributed by atoms with Gasteiger partial charge in [0.1, 0.15) is 0 Å². The number of hydrogen-bond acceptors (Lipinski definition) is 2. The van der Waals surface area contributed by atoms with Gasteiger partial charge in [-0.15, -0.1) is 0 Å². The van der Waals surface area contributed by atoms with Gasteiger partial charge in [-0.1, -0.05) is 12.2 Å². The number of nitrogens with zero attached hydrogens (tertiary/aromatic N) is 2. The van der Waals surface area contributed by atoms with Gasteiger partial charge in [-0.05, 0) is 26.3 Å². The van der Waals surface area contributed by atoms with Crippen LogP contribution in [0.1, 0.15) is 20.8 Å². The normalized spacial score (nSPS) is 14.8. The third-order valence-electron chi connectivity index (χ3n) is 1.32. The Bertz CT molecular complexity index is 176. The molecule has 0 aromatic rings. The summed E-state index contributed by atoms with van der Waals surface area (Å²) in [5.74, 6) is 0. The molecule has 0 aliphatic carbocycles. The number of rotatable bonds is 2. The van der Waals surface area contributed by atoms with Crippen LogP contribution in [0.25, 0.3) is 0 Å². The second-order valence-corrected chi connectivity index (χ2v) is 1.95. The Morgan fingerprint density at radius 3 is 2.10 bits per heavy atom. The summed E-state index contributed by atoms with van der Waals surface area (Å²) in [6.45, 7) is 5.96. The molecule has 0 N–H and O–H groups in total. The minimum Gasteiger partial charge on any atom is -0.192 e. The first-order valence-corrected chi connectivity index (χ1v) is 3.35. The van der Waals surface area contributed by atoms with Crippen LogP contribution >= 0.6 is 0 Å². The van der Waals surface area contributed by atoms with Gasteiger partial charge in [-0.3, -0.25) is 0 Å². The van der Waals surface area contributed by atoms with Crippen molar-refractivity contribution in [2.24, 2.45) is 10.2 Å². The highest BCUT2D eigenvalue weighted by Gasteiger charge is 1.92. The molecule has 0 fully saturated rings. The molecule has 0 amide bonds. The van der Waals surface area contributed by atoms with Gasteiger partial charge in [-0.2, -0.15) is 10.2 Å². The van der Waals surface area contributed by atoms with Gasteiger partial charge >= 0.3 is 0 Å². The fourth-order valence-electron chi connectivity index (χ4n) is 0.620. The Kier molecular flexibility index (Phi) is 4.46. The molecule has 0 unspecified atom stereocenters. The fraction of sp³-hybridized carbons (Fsp3) is 0.500. The molecule has 0 aromatic carbocycles. The molecule has 0 spiro atoms. The van der Waals surface area contributed by atoms with E-state index in [2.05, 4.69) is 10.2 Å². The van der Waals surface area contributed by atoms with Gasteiger partial charge in [0, 0.05) is 7.05 Å². The number of hydrogen-bond donors (Lipinski definition) is 0. The molecule has 0 rings (SSSR count). The predicted molar refractivity (Wildman–Crippen MR) is 44.0 cm³/mol. The summed E-state index contributed by atoms with van der Waals surface area (Å²) in [5.41, 5.74) is 2.11. The molecule has 2 nitrogen and oxygen atoms in total. The van der Waals surface area contributed by atoms with E-state index in [1.807, 2.05) is 32.9 Å². The van der Waals surface area contributed by atoms with E-state index in [0.717, 1.165) is 11.3 Å². The zero-order valence-corrected chi connectivity index (χ0v) is 7.05. The Balaban J connectivity index is 4.39. The Morgan fingerprint density at radius 2 is 1.80 bits per heavy atom. The van der Waals surface area contributed by atoms with Gasteiger partial charge in [0.15, 0.2) is 0 Å². The van der Waals surface area contributed by atoms with Crippen LogP contribution in [0.2, 0.25) is 0 Å². The van der Waals surface area contributed by atoms with E-state index in [0.29, 0.717) is 0 Å². The van der Waals surface area contributed by atoms with Gasteiger partial charge < -0.3 is 0 Å². The Hall–Kier alpha value is -0.920. The van der Waals surface area contributed by atoms with Crippen LogP contribution < -0.4 is 0 Å². The molecule has 10 heavy (non-hydrogen) atoms. The van der Waals surface area contributed by atoms with Crippen LogP contribution in [-0.2, 0) is 0 Å². The standard InChI is InChI=1S/C8H14N2/c1-5-7(3)8(6-2)10-9-4/h5-6H,1-4H3/b7-5-,8-6+,10-9-. The van der Waals surface area contributed by atoms with E-state index >= 15 is 0 Å². The molecular weight excluding hydrogens is 124 g/mol. The molecule has 0 radical (unpaired) electrons. The first-order chi connectivity index (χ1) is 4.76. The monoisotopic (exact) mass is 138 g/mol. The van der Waals surface area contributed by atoms with Crippen molar-refractivity contribution in [3.05, 3.63) is 23.4 Å². The minimum absolute atomic E-state index is 0.949. The highest BCUT2D eigenvalue weighted by molar-refractivity contribution is 5.25. The average molecular weight is 138 g/mol. The molecule has 2 heteroatoms. The van der Waals surface area contributed by atoms with Gasteiger partial charge in [0.2, 0.25) is 0 Å². The van der Waals surface area contributed by atoms with Crippen LogP contribution in [0.3, 0.4) is 0 Å². The van der Waals surface area contributed by atoms with Gasteiger partial charge in [-0.25, -0.2) is 0 Å². The van der Waals surface area contributed by atoms with Crippen LogP contribution in [0.15, 0.2) is 33.7 Å². The summed E-state index contributed by atoms with van der Waals surface area (Å²) in [7, 11) is 1.67. The van der Waals surface area contributed by atoms with Crippen LogP contribution in [0, 0.1) is 0 Å². The van der Waals surface area contributed by atoms with E-state index in [9.17, 15) is 0 Å². The molecule has 0 aromatic heterocycles. The summed E-state index contributed by atoms with van der Waals surface area (Å²) < 4.78 is 0. The maximum Gasteiger partial charge on any atom is 0.0835 e. The van der Waals surface area contributed by atoms with E-state index in [1.165, 1.54) is 0 Å². The summed E-state index contributed by atoms with van der Waals surface area (Å²) >= 11 is 0. The lowest BCUT2D eigenvalue weighted by molar-refractivity contribution is 1.08. The summed E-state index contributed by atoms with van der Waals surface area (Å²) in [5, 5.41) is 7.62. The second-order valence-electron chi connectivity index (χ2n) is 1.95. The highest BCUT2D eigenvalue weighted by Crippen LogP contribution is 2.09. The van der Waals surface area contributed by atoms with E-state index in [1.54, 1.807) is 7.05 Å². The molecule has 0 aliphatic heterocycles. The molecule has 0 aliphatic rings. The SMILES string of the molecule is C\C=C(C)/C(=C\C)/N=N\C. The van der Waals surface area contributed by atoms with E-state index < -0.39 is 0 Å². The van der Waals surface area contributed by atoms with Crippen molar-refractivity contribution >= 4 is 0 Å². The van der Waals surface area contributed by atoms with Gasteiger partial charge in [0.25, 0.3) is 0 Å². The Morgan fingerprint density at radius 1 is 1.20 bits per heavy atom. The van der Waals surface area contributed by atoms with Crippen molar-refractivity contribution in [2.75, 3.05) is 7.05 Å². The molecule has 0 saturated carbocycles. The number of azo groups is 1. The molecule has 0 atom stereocenters. The van der Waals surface area contributed by atoms with Gasteiger partial charge in [0.05, 0.1) is 5.70 Å². The predicted octanol–water partition coefficient (Wildman–Crippen LogP) is 2.94. The Labute approximate surface area is 62.4 Å². The summed E-state index contributed by atoms with van der Waals surface area (Å²) in [6.07, 6.45) is 3.96. The average Bonchev–Trinajstić information content (AvgIpc) is 1.99. The van der Waals surface area contributed by atoms with Crippen LogP contribution in [0.5, 0.6) is 0 Å². The minimum atomic E-state index is 0.949. The maximum atomic E-state index is 3.93. The topological polar surface area (TPSA) is 24.7 Å². The zero-order valence-electron chi connectivity index (χ0n) is 7.05. The van der Waals surface area contributed by atoms with Crippen LogP contribution in [-0.4, -0.2) is 7.05 Å². The number of allylic oxidation sites excluding steroid dienone is 3. The first kappa shape index (κ1) is 9.08. The van der Waals surface area contributed by atoms with Crippen molar-refractivity contribution in [1.29, 1.82) is 0 Å². The largest absolute Gasteiger partial charge is 0.192 e. The lowest BCUT2D eigenvalue weighted by Crippen LogP contribution is -1.78. The van der Waals surface area contributed by atoms with Crippen molar-refractivity contribution in [2.45, 2.75) is 20.8 Å².